The molecule has 0 bridgehead atoms. The van der Waals surface area contributed by atoms with Gasteiger partial charge in [-0.1, -0.05) is 12.1 Å². The fraction of sp³-hybridized carbons (Fsp3) is 0.458. The third kappa shape index (κ3) is 7.85. The van der Waals surface area contributed by atoms with Crippen LogP contribution in [0.3, 0.4) is 0 Å². The van der Waals surface area contributed by atoms with Crippen molar-refractivity contribution in [2.75, 3.05) is 47.6 Å². The van der Waals surface area contributed by atoms with Gasteiger partial charge in [0, 0.05) is 13.1 Å². The minimum Gasteiger partial charge on any atom is -0.497 e. The number of aliphatic imine (C=N–C) groups is 1. The van der Waals surface area contributed by atoms with E-state index in [0.717, 1.165) is 11.6 Å². The summed E-state index contributed by atoms with van der Waals surface area (Å²) in [5, 5.41) is 0. The Morgan fingerprint density at radius 2 is 1.48 bits per heavy atom. The van der Waals surface area contributed by atoms with Gasteiger partial charge in [0.05, 0.1) is 40.6 Å². The number of likely N-dealkylation sites (N-methyl/N-ethyl adjacent to an activating group) is 1. The smallest absolute Gasteiger partial charge is 0.357 e. The van der Waals surface area contributed by atoms with Crippen LogP contribution >= 0.6 is 0 Å². The molecule has 0 saturated heterocycles. The molecule has 0 aliphatic heterocycles. The fourth-order valence-electron chi connectivity index (χ4n) is 2.88. The van der Waals surface area contributed by atoms with Crippen LogP contribution in [0.15, 0.2) is 47.0 Å². The number of rotatable bonds is 12. The summed E-state index contributed by atoms with van der Waals surface area (Å²) in [5.41, 5.74) is 1.02. The quantitative estimate of drug-likeness (QED) is 0.153. The molecule has 0 unspecified atom stereocenters. The SMILES string of the molecule is CCOC(OCC)=C(C(=N/C(=C\C(=O)OC)C(=O)OC)N(CC)CC)c1ccc(OC)cc1. The number of esters is 2. The average molecular weight is 463 g/mol. The second kappa shape index (κ2) is 14.5. The van der Waals surface area contributed by atoms with Gasteiger partial charge in [-0.05, 0) is 45.4 Å². The molecule has 0 aliphatic rings. The lowest BCUT2D eigenvalue weighted by atomic mass is 10.0. The largest absolute Gasteiger partial charge is 0.497 e. The van der Waals surface area contributed by atoms with E-state index in [-0.39, 0.29) is 11.6 Å². The zero-order chi connectivity index (χ0) is 24.8. The highest BCUT2D eigenvalue weighted by molar-refractivity contribution is 6.24. The molecule has 0 saturated carbocycles. The molecule has 9 nitrogen and oxygen atoms in total. The minimum atomic E-state index is -0.784. The number of hydrogen-bond donors (Lipinski definition) is 0. The van der Waals surface area contributed by atoms with Gasteiger partial charge in [0.2, 0.25) is 0 Å². The number of ether oxygens (including phenoxy) is 5. The van der Waals surface area contributed by atoms with Crippen LogP contribution in [0.1, 0.15) is 33.3 Å². The Morgan fingerprint density at radius 1 is 0.909 bits per heavy atom. The summed E-state index contributed by atoms with van der Waals surface area (Å²) < 4.78 is 26.5. The molecule has 0 heterocycles. The van der Waals surface area contributed by atoms with Crippen molar-refractivity contribution >= 4 is 23.3 Å². The lowest BCUT2D eigenvalue weighted by Gasteiger charge is -2.27. The van der Waals surface area contributed by atoms with Crippen molar-refractivity contribution in [3.05, 3.63) is 47.5 Å². The highest BCUT2D eigenvalue weighted by atomic mass is 16.7. The maximum atomic E-state index is 12.4. The summed E-state index contributed by atoms with van der Waals surface area (Å²) in [6.07, 6.45) is 0.988. The summed E-state index contributed by atoms with van der Waals surface area (Å²) in [7, 11) is 4.01. The number of amidine groups is 1. The molecular formula is C24H34N2O7. The first-order valence-corrected chi connectivity index (χ1v) is 10.8. The molecule has 33 heavy (non-hydrogen) atoms. The molecule has 9 heteroatoms. The maximum Gasteiger partial charge on any atom is 0.357 e. The van der Waals surface area contributed by atoms with Crippen molar-refractivity contribution in [3.63, 3.8) is 0 Å². The van der Waals surface area contributed by atoms with Gasteiger partial charge in [-0.3, -0.25) is 0 Å². The summed E-state index contributed by atoms with van der Waals surface area (Å²) >= 11 is 0. The van der Waals surface area contributed by atoms with Crippen LogP contribution in [0.5, 0.6) is 5.75 Å². The molecule has 0 radical (unpaired) electrons. The van der Waals surface area contributed by atoms with Crippen molar-refractivity contribution in [3.8, 4) is 5.75 Å². The van der Waals surface area contributed by atoms with Gasteiger partial charge in [-0.2, -0.15) is 0 Å². The van der Waals surface area contributed by atoms with E-state index >= 15 is 0 Å². The second-order valence-electron chi connectivity index (χ2n) is 6.41. The molecule has 0 atom stereocenters. The molecule has 0 aliphatic carbocycles. The van der Waals surface area contributed by atoms with Crippen molar-refractivity contribution < 1.29 is 33.3 Å². The maximum absolute atomic E-state index is 12.4. The van der Waals surface area contributed by atoms with Gasteiger partial charge in [0.25, 0.3) is 5.95 Å². The standard InChI is InChI=1S/C24H34N2O7/c1-8-26(9-2)22(25-19(23(28)31-7)16-20(27)30-6)21(24(32-10-3)33-11-4)17-12-14-18(29-5)15-13-17/h12-16H,8-11H2,1-7H3/b19-16-,25-22?. The van der Waals surface area contributed by atoms with E-state index in [1.165, 1.54) is 14.2 Å². The van der Waals surface area contributed by atoms with Crippen molar-refractivity contribution in [2.45, 2.75) is 27.7 Å². The van der Waals surface area contributed by atoms with E-state index in [1.807, 2.05) is 44.7 Å². The number of nitrogens with zero attached hydrogens (tertiary/aromatic N) is 2. The highest BCUT2D eigenvalue weighted by Crippen LogP contribution is 2.27. The van der Waals surface area contributed by atoms with Crippen LogP contribution in [0.2, 0.25) is 0 Å². The number of benzene rings is 1. The zero-order valence-corrected chi connectivity index (χ0v) is 20.5. The van der Waals surface area contributed by atoms with Gasteiger partial charge in [0.15, 0.2) is 5.70 Å². The van der Waals surface area contributed by atoms with E-state index < -0.39 is 11.9 Å². The Balaban J connectivity index is 3.98. The molecule has 1 aromatic carbocycles. The number of carbonyl (C=O) groups excluding carboxylic acids is 2. The van der Waals surface area contributed by atoms with Crippen LogP contribution in [0, 0.1) is 0 Å². The Morgan fingerprint density at radius 3 is 1.91 bits per heavy atom. The first-order valence-electron chi connectivity index (χ1n) is 10.8. The number of hydrogen-bond acceptors (Lipinski definition) is 8. The predicted octanol–water partition coefficient (Wildman–Crippen LogP) is 3.41. The summed E-state index contributed by atoms with van der Waals surface area (Å²) in [6.45, 7) is 9.41. The molecule has 182 valence electrons. The fourth-order valence-corrected chi connectivity index (χ4v) is 2.88. The van der Waals surface area contributed by atoms with Crippen molar-refractivity contribution in [1.82, 2.24) is 4.90 Å². The van der Waals surface area contributed by atoms with E-state index in [2.05, 4.69) is 9.73 Å². The van der Waals surface area contributed by atoms with E-state index in [1.54, 1.807) is 19.2 Å². The van der Waals surface area contributed by atoms with Gasteiger partial charge >= 0.3 is 11.9 Å². The summed E-state index contributed by atoms with van der Waals surface area (Å²) in [6, 6.07) is 7.28. The topological polar surface area (TPSA) is 95.9 Å². The van der Waals surface area contributed by atoms with Crippen LogP contribution in [0.4, 0.5) is 0 Å². The third-order valence-electron chi connectivity index (χ3n) is 4.50. The van der Waals surface area contributed by atoms with Crippen molar-refractivity contribution in [1.29, 1.82) is 0 Å². The molecule has 0 fully saturated rings. The van der Waals surface area contributed by atoms with Crippen LogP contribution in [0.25, 0.3) is 5.57 Å². The number of methoxy groups -OCH3 is 3. The van der Waals surface area contributed by atoms with E-state index in [9.17, 15) is 9.59 Å². The molecule has 0 aromatic heterocycles. The Bertz CT molecular complexity index is 861. The van der Waals surface area contributed by atoms with Gasteiger partial charge in [0.1, 0.15) is 17.2 Å². The van der Waals surface area contributed by atoms with Gasteiger partial charge in [-0.15, -0.1) is 0 Å². The first-order chi connectivity index (χ1) is 15.9. The summed E-state index contributed by atoms with van der Waals surface area (Å²) in [4.78, 5) is 30.8. The van der Waals surface area contributed by atoms with Gasteiger partial charge in [-0.25, -0.2) is 14.6 Å². The molecular weight excluding hydrogens is 428 g/mol. The Labute approximate surface area is 195 Å². The molecule has 1 rings (SSSR count). The zero-order valence-electron chi connectivity index (χ0n) is 20.5. The van der Waals surface area contributed by atoms with E-state index in [0.29, 0.717) is 43.5 Å². The molecule has 1 aromatic rings. The lowest BCUT2D eigenvalue weighted by Crippen LogP contribution is -2.33. The highest BCUT2D eigenvalue weighted by Gasteiger charge is 2.25. The predicted molar refractivity (Wildman–Crippen MR) is 126 cm³/mol. The Kier molecular flexibility index (Phi) is 12.1. The molecule has 0 amide bonds. The van der Waals surface area contributed by atoms with E-state index in [4.69, 9.17) is 18.9 Å². The first kappa shape index (κ1) is 27.5. The van der Waals surface area contributed by atoms with Crippen LogP contribution in [-0.2, 0) is 28.5 Å². The van der Waals surface area contributed by atoms with Crippen molar-refractivity contribution in [2.24, 2.45) is 4.99 Å². The second-order valence-corrected chi connectivity index (χ2v) is 6.41. The third-order valence-corrected chi connectivity index (χ3v) is 4.50. The molecule has 0 spiro atoms. The molecule has 0 N–H and O–H groups in total. The van der Waals surface area contributed by atoms with Crippen LogP contribution in [-0.4, -0.2) is 70.3 Å². The van der Waals surface area contributed by atoms with Crippen LogP contribution < -0.4 is 4.74 Å². The minimum absolute atomic E-state index is 0.218. The normalized spacial score (nSPS) is 11.4. The Hall–Kier alpha value is -3.49. The summed E-state index contributed by atoms with van der Waals surface area (Å²) in [5.74, 6) is -0.216. The number of carbonyl (C=O) groups is 2. The lowest BCUT2D eigenvalue weighted by molar-refractivity contribution is -0.138. The average Bonchev–Trinajstić information content (AvgIpc) is 2.84. The monoisotopic (exact) mass is 462 g/mol. The van der Waals surface area contributed by atoms with Gasteiger partial charge < -0.3 is 28.6 Å².